The van der Waals surface area contributed by atoms with Crippen LogP contribution in [-0.4, -0.2) is 33.5 Å². The lowest BCUT2D eigenvalue weighted by Crippen LogP contribution is -2.41. The summed E-state index contributed by atoms with van der Waals surface area (Å²) in [5, 5.41) is 11.3. The third kappa shape index (κ3) is 2.34. The second-order valence-corrected chi connectivity index (χ2v) is 4.93. The van der Waals surface area contributed by atoms with Gasteiger partial charge in [0.2, 0.25) is 0 Å². The summed E-state index contributed by atoms with van der Waals surface area (Å²) in [6.45, 7) is 5.50. The maximum absolute atomic E-state index is 12.0. The Hall–Kier alpha value is -2.44. The number of amidine groups is 1. The first-order valence-corrected chi connectivity index (χ1v) is 6.12. The largest absolute Gasteiger partial charge is 0.511 e. The molecule has 0 bridgehead atoms. The molecule has 2 heterocycles. The SMILES string of the molecule is CC(C)C1(C)N=C(c2ncccc2OC(=O)O)NC1=O. The Kier molecular flexibility index (Phi) is 3.44. The molecule has 7 nitrogen and oxygen atoms in total. The zero-order chi connectivity index (χ0) is 14.9. The number of rotatable bonds is 3. The summed E-state index contributed by atoms with van der Waals surface area (Å²) in [6, 6.07) is 3.00. The van der Waals surface area contributed by atoms with E-state index >= 15 is 0 Å². The minimum Gasteiger partial charge on any atom is -0.449 e. The second kappa shape index (κ2) is 4.92. The van der Waals surface area contributed by atoms with Crippen LogP contribution in [0, 0.1) is 5.92 Å². The van der Waals surface area contributed by atoms with E-state index in [1.165, 1.54) is 12.3 Å². The van der Waals surface area contributed by atoms with E-state index in [1.807, 2.05) is 13.8 Å². The zero-order valence-electron chi connectivity index (χ0n) is 11.4. The van der Waals surface area contributed by atoms with Crippen LogP contribution in [-0.2, 0) is 4.79 Å². The van der Waals surface area contributed by atoms with Gasteiger partial charge >= 0.3 is 6.16 Å². The van der Waals surface area contributed by atoms with Crippen molar-refractivity contribution in [3.05, 3.63) is 24.0 Å². The monoisotopic (exact) mass is 277 g/mol. The summed E-state index contributed by atoms with van der Waals surface area (Å²) < 4.78 is 4.64. The van der Waals surface area contributed by atoms with Crippen molar-refractivity contribution in [2.75, 3.05) is 0 Å². The normalized spacial score (nSPS) is 21.6. The number of hydrogen-bond acceptors (Lipinski definition) is 5. The number of amides is 1. The molecule has 1 aliphatic heterocycles. The van der Waals surface area contributed by atoms with E-state index in [0.29, 0.717) is 0 Å². The van der Waals surface area contributed by atoms with Crippen molar-refractivity contribution in [2.24, 2.45) is 10.9 Å². The minimum atomic E-state index is -1.45. The van der Waals surface area contributed by atoms with Gasteiger partial charge in [0.1, 0.15) is 11.2 Å². The second-order valence-electron chi connectivity index (χ2n) is 4.93. The van der Waals surface area contributed by atoms with Crippen molar-refractivity contribution in [3.63, 3.8) is 0 Å². The summed E-state index contributed by atoms with van der Waals surface area (Å²) in [5.41, 5.74) is -0.694. The zero-order valence-corrected chi connectivity index (χ0v) is 11.4. The third-order valence-electron chi connectivity index (χ3n) is 3.35. The Morgan fingerprint density at radius 2 is 2.20 bits per heavy atom. The molecular formula is C13H15N3O4. The van der Waals surface area contributed by atoms with Gasteiger partial charge in [0.15, 0.2) is 11.6 Å². The summed E-state index contributed by atoms with van der Waals surface area (Å²) in [6.07, 6.45) is 0.0276. The minimum absolute atomic E-state index is 0.00689. The number of ether oxygens (including phenoxy) is 1. The molecule has 20 heavy (non-hydrogen) atoms. The topological polar surface area (TPSA) is 101 Å². The van der Waals surface area contributed by atoms with Crippen LogP contribution >= 0.6 is 0 Å². The van der Waals surface area contributed by atoms with Gasteiger partial charge in [-0.2, -0.15) is 0 Å². The fourth-order valence-electron chi connectivity index (χ4n) is 1.79. The summed E-state index contributed by atoms with van der Waals surface area (Å²) >= 11 is 0. The van der Waals surface area contributed by atoms with Crippen molar-refractivity contribution in [1.29, 1.82) is 0 Å². The molecule has 0 saturated heterocycles. The molecule has 1 amide bonds. The van der Waals surface area contributed by atoms with Crippen LogP contribution in [0.2, 0.25) is 0 Å². The first-order chi connectivity index (χ1) is 9.34. The van der Waals surface area contributed by atoms with E-state index in [-0.39, 0.29) is 29.1 Å². The molecule has 2 rings (SSSR count). The summed E-state index contributed by atoms with van der Waals surface area (Å²) in [5.74, 6) is 0.0112. The van der Waals surface area contributed by atoms with Crippen LogP contribution < -0.4 is 10.1 Å². The number of nitrogens with zero attached hydrogens (tertiary/aromatic N) is 2. The molecule has 2 N–H and O–H groups in total. The van der Waals surface area contributed by atoms with Gasteiger partial charge in [-0.3, -0.25) is 4.79 Å². The lowest BCUT2D eigenvalue weighted by Gasteiger charge is -2.21. The predicted octanol–water partition coefficient (Wildman–Crippen LogP) is 1.43. The van der Waals surface area contributed by atoms with Crippen LogP contribution in [0.25, 0.3) is 0 Å². The molecule has 106 valence electrons. The molecule has 1 unspecified atom stereocenters. The van der Waals surface area contributed by atoms with Gasteiger partial charge in [-0.1, -0.05) is 13.8 Å². The standard InChI is InChI=1S/C13H15N3O4/c1-7(2)13(3)11(17)15-10(16-13)9-8(20-12(18)19)5-4-6-14-9/h4-7H,1-3H3,(H,18,19)(H,15,16,17). The third-order valence-corrected chi connectivity index (χ3v) is 3.35. The molecule has 7 heteroatoms. The first-order valence-electron chi connectivity index (χ1n) is 6.12. The number of aromatic nitrogens is 1. The molecule has 1 atom stereocenters. The quantitative estimate of drug-likeness (QED) is 0.814. The van der Waals surface area contributed by atoms with Gasteiger partial charge in [-0.25, -0.2) is 14.8 Å². The van der Waals surface area contributed by atoms with E-state index in [9.17, 15) is 9.59 Å². The highest BCUT2D eigenvalue weighted by Crippen LogP contribution is 2.28. The van der Waals surface area contributed by atoms with Gasteiger partial charge in [0.05, 0.1) is 0 Å². The fourth-order valence-corrected chi connectivity index (χ4v) is 1.79. The average molecular weight is 277 g/mol. The van der Waals surface area contributed by atoms with Crippen molar-refractivity contribution < 1.29 is 19.4 Å². The smallest absolute Gasteiger partial charge is 0.449 e. The van der Waals surface area contributed by atoms with Gasteiger partial charge < -0.3 is 15.2 Å². The van der Waals surface area contributed by atoms with E-state index in [0.717, 1.165) is 0 Å². The number of nitrogens with one attached hydrogen (secondary N) is 1. The average Bonchev–Trinajstić information content (AvgIpc) is 2.67. The molecular weight excluding hydrogens is 262 g/mol. The molecule has 0 spiro atoms. The van der Waals surface area contributed by atoms with Crippen molar-refractivity contribution >= 4 is 17.9 Å². The maximum Gasteiger partial charge on any atom is 0.511 e. The molecule has 1 aromatic rings. The molecule has 1 aliphatic rings. The van der Waals surface area contributed by atoms with Crippen LogP contribution in [0.5, 0.6) is 5.75 Å². The number of aliphatic imine (C=N–C) groups is 1. The van der Waals surface area contributed by atoms with Crippen molar-refractivity contribution in [2.45, 2.75) is 26.3 Å². The lowest BCUT2D eigenvalue weighted by molar-refractivity contribution is -0.124. The highest BCUT2D eigenvalue weighted by molar-refractivity contribution is 6.15. The highest BCUT2D eigenvalue weighted by atomic mass is 16.7. The van der Waals surface area contributed by atoms with E-state index in [1.54, 1.807) is 13.0 Å². The number of carbonyl (C=O) groups excluding carboxylic acids is 1. The van der Waals surface area contributed by atoms with Crippen LogP contribution in [0.15, 0.2) is 23.3 Å². The van der Waals surface area contributed by atoms with Crippen molar-refractivity contribution in [3.8, 4) is 5.75 Å². The lowest BCUT2D eigenvalue weighted by atomic mass is 9.89. The highest BCUT2D eigenvalue weighted by Gasteiger charge is 2.42. The Bertz CT molecular complexity index is 597. The number of carboxylic acid groups (broad SMARTS) is 1. The van der Waals surface area contributed by atoms with E-state index < -0.39 is 11.7 Å². The molecule has 0 fully saturated rings. The molecule has 0 aliphatic carbocycles. The van der Waals surface area contributed by atoms with Crippen molar-refractivity contribution in [1.82, 2.24) is 10.3 Å². The number of hydrogen-bond donors (Lipinski definition) is 2. The molecule has 0 radical (unpaired) electrons. The Labute approximate surface area is 115 Å². The Morgan fingerprint density at radius 3 is 2.75 bits per heavy atom. The van der Waals surface area contributed by atoms with Crippen LogP contribution in [0.3, 0.4) is 0 Å². The molecule has 1 aromatic heterocycles. The Morgan fingerprint density at radius 1 is 1.50 bits per heavy atom. The molecule has 0 aromatic carbocycles. The van der Waals surface area contributed by atoms with Crippen LogP contribution in [0.4, 0.5) is 4.79 Å². The van der Waals surface area contributed by atoms with Gasteiger partial charge in [0, 0.05) is 6.20 Å². The Balaban J connectivity index is 2.43. The van der Waals surface area contributed by atoms with E-state index in [4.69, 9.17) is 5.11 Å². The predicted molar refractivity (Wildman–Crippen MR) is 70.8 cm³/mol. The molecule has 0 saturated carbocycles. The summed E-state index contributed by atoms with van der Waals surface area (Å²) in [4.78, 5) is 31.1. The summed E-state index contributed by atoms with van der Waals surface area (Å²) in [7, 11) is 0. The van der Waals surface area contributed by atoms with Crippen LogP contribution in [0.1, 0.15) is 26.5 Å². The number of pyridine rings is 1. The van der Waals surface area contributed by atoms with E-state index in [2.05, 4.69) is 20.0 Å². The van der Waals surface area contributed by atoms with Gasteiger partial charge in [-0.05, 0) is 25.0 Å². The fraction of sp³-hybridized carbons (Fsp3) is 0.385. The number of carbonyl (C=O) groups is 2. The first kappa shape index (κ1) is 14.0. The maximum atomic E-state index is 12.0. The van der Waals surface area contributed by atoms with Gasteiger partial charge in [0.25, 0.3) is 5.91 Å². The van der Waals surface area contributed by atoms with Gasteiger partial charge in [-0.15, -0.1) is 0 Å².